The topological polar surface area (TPSA) is 99.9 Å². The van der Waals surface area contributed by atoms with E-state index in [1.165, 1.54) is 23.3 Å². The van der Waals surface area contributed by atoms with Crippen LogP contribution in [0.25, 0.3) is 6.08 Å². The van der Waals surface area contributed by atoms with Crippen LogP contribution in [0.5, 0.6) is 0 Å². The molecule has 2 aromatic rings. The summed E-state index contributed by atoms with van der Waals surface area (Å²) >= 11 is 6.36. The Hall–Kier alpha value is -2.91. The molecule has 0 radical (unpaired) electrons. The number of nitrogens with zero attached hydrogens (tertiary/aromatic N) is 1. The predicted octanol–water partition coefficient (Wildman–Crippen LogP) is 3.21. The Morgan fingerprint density at radius 1 is 1.26 bits per heavy atom. The van der Waals surface area contributed by atoms with Crippen molar-refractivity contribution in [3.05, 3.63) is 58.9 Å². The van der Waals surface area contributed by atoms with Crippen molar-refractivity contribution in [1.82, 2.24) is 4.90 Å². The summed E-state index contributed by atoms with van der Waals surface area (Å²) < 4.78 is 5.55. The molecule has 2 heterocycles. The molecule has 1 aromatic carbocycles. The number of aromatic carboxylic acids is 1. The molecule has 9 heteroatoms. The van der Waals surface area contributed by atoms with E-state index in [0.717, 1.165) is 11.8 Å². The normalized spacial score (nSPS) is 15.4. The van der Waals surface area contributed by atoms with Gasteiger partial charge in [0.2, 0.25) is 5.91 Å². The fourth-order valence-corrected chi connectivity index (χ4v) is 3.69. The molecule has 2 N–H and O–H groups in total. The third kappa shape index (κ3) is 4.44. The molecule has 0 bridgehead atoms. The Bertz CT molecular complexity index is 937. The smallest absolute Gasteiger partial charge is 0.337 e. The van der Waals surface area contributed by atoms with Gasteiger partial charge >= 0.3 is 5.97 Å². The molecule has 1 aromatic heterocycles. The van der Waals surface area contributed by atoms with Gasteiger partial charge in [-0.25, -0.2) is 4.79 Å². The summed E-state index contributed by atoms with van der Waals surface area (Å²) in [5.74, 6) is -1.29. The fraction of sp³-hybridized carbons (Fsp3) is 0.111. The van der Waals surface area contributed by atoms with E-state index in [1.807, 2.05) is 0 Å². The number of carboxylic acids is 1. The molecule has 1 aliphatic heterocycles. The lowest BCUT2D eigenvalue weighted by Gasteiger charge is -2.14. The maximum Gasteiger partial charge on any atom is 0.337 e. The van der Waals surface area contributed by atoms with Gasteiger partial charge in [-0.15, -0.1) is 0 Å². The Balaban J connectivity index is 1.61. The number of thioether (sulfide) groups is 1. The molecular weight excluding hydrogens is 388 g/mol. The molecule has 27 heavy (non-hydrogen) atoms. The monoisotopic (exact) mass is 402 g/mol. The summed E-state index contributed by atoms with van der Waals surface area (Å²) in [5, 5.41) is 11.7. The first-order valence-corrected chi connectivity index (χ1v) is 9.09. The maximum atomic E-state index is 12.5. The quantitative estimate of drug-likeness (QED) is 0.565. The summed E-state index contributed by atoms with van der Waals surface area (Å²) in [7, 11) is 0. The largest absolute Gasteiger partial charge is 0.478 e. The van der Waals surface area contributed by atoms with Gasteiger partial charge in [0.1, 0.15) is 10.1 Å². The van der Waals surface area contributed by atoms with Crippen molar-refractivity contribution in [3.63, 3.8) is 0 Å². The Morgan fingerprint density at radius 3 is 2.74 bits per heavy atom. The van der Waals surface area contributed by atoms with Gasteiger partial charge in [0, 0.05) is 19.0 Å². The van der Waals surface area contributed by atoms with Crippen molar-refractivity contribution in [3.8, 4) is 0 Å². The van der Waals surface area contributed by atoms with Crippen LogP contribution >= 0.6 is 24.0 Å². The van der Waals surface area contributed by atoms with E-state index in [-0.39, 0.29) is 30.1 Å². The zero-order valence-corrected chi connectivity index (χ0v) is 15.5. The number of amides is 2. The molecule has 0 saturated carbocycles. The zero-order valence-electron chi connectivity index (χ0n) is 13.9. The van der Waals surface area contributed by atoms with Gasteiger partial charge in [-0.2, -0.15) is 0 Å². The van der Waals surface area contributed by atoms with Crippen molar-refractivity contribution < 1.29 is 23.9 Å². The van der Waals surface area contributed by atoms with Crippen LogP contribution in [-0.4, -0.2) is 38.7 Å². The number of anilines is 1. The van der Waals surface area contributed by atoms with Crippen LogP contribution < -0.4 is 5.32 Å². The number of carbonyl (C=O) groups excluding carboxylic acids is 2. The van der Waals surface area contributed by atoms with Gasteiger partial charge in [0.05, 0.1) is 22.4 Å². The molecule has 0 atom stereocenters. The van der Waals surface area contributed by atoms with E-state index >= 15 is 0 Å². The van der Waals surface area contributed by atoms with Crippen LogP contribution in [0, 0.1) is 0 Å². The van der Waals surface area contributed by atoms with Crippen LogP contribution in [-0.2, 0) is 9.59 Å². The number of furan rings is 1. The van der Waals surface area contributed by atoms with Crippen molar-refractivity contribution in [1.29, 1.82) is 0 Å². The SMILES string of the molecule is O=C(CCN1C(=O)C(=Cc2ccco2)SC1=S)Nc1ccccc1C(=O)O. The van der Waals surface area contributed by atoms with Crippen LogP contribution in [0.1, 0.15) is 22.5 Å². The standard InChI is InChI=1S/C18H14N2O5S2/c21-15(19-13-6-2-1-5-12(13)17(23)24)7-8-20-16(22)14(27-18(20)26)10-11-4-3-9-25-11/h1-6,9-10H,7-8H2,(H,19,21)(H,23,24). The van der Waals surface area contributed by atoms with Crippen LogP contribution in [0.2, 0.25) is 0 Å². The lowest BCUT2D eigenvalue weighted by molar-refractivity contribution is -0.122. The first-order chi connectivity index (χ1) is 13.0. The third-order valence-electron chi connectivity index (χ3n) is 3.68. The fourth-order valence-electron chi connectivity index (χ4n) is 2.40. The zero-order chi connectivity index (χ0) is 19.4. The second-order valence-electron chi connectivity index (χ2n) is 5.50. The average Bonchev–Trinajstić information content (AvgIpc) is 3.23. The predicted molar refractivity (Wildman–Crippen MR) is 105 cm³/mol. The van der Waals surface area contributed by atoms with Crippen LogP contribution in [0.15, 0.2) is 52.0 Å². The minimum atomic E-state index is -1.13. The van der Waals surface area contributed by atoms with Gasteiger partial charge in [-0.1, -0.05) is 36.1 Å². The Kier molecular flexibility index (Phi) is 5.72. The number of rotatable bonds is 6. The second kappa shape index (κ2) is 8.19. The molecule has 0 unspecified atom stereocenters. The minimum absolute atomic E-state index is 0.00200. The third-order valence-corrected chi connectivity index (χ3v) is 5.06. The molecule has 1 fully saturated rings. The highest BCUT2D eigenvalue weighted by Crippen LogP contribution is 2.32. The van der Waals surface area contributed by atoms with E-state index in [2.05, 4.69) is 5.32 Å². The number of hydrogen-bond donors (Lipinski definition) is 2. The second-order valence-corrected chi connectivity index (χ2v) is 7.17. The summed E-state index contributed by atoms with van der Waals surface area (Å²) in [4.78, 5) is 37.6. The molecule has 1 aliphatic rings. The van der Waals surface area contributed by atoms with Gasteiger partial charge < -0.3 is 14.8 Å². The van der Waals surface area contributed by atoms with Gasteiger partial charge in [0.15, 0.2) is 0 Å². The highest BCUT2D eigenvalue weighted by Gasteiger charge is 2.32. The number of hydrogen-bond acceptors (Lipinski definition) is 6. The maximum absolute atomic E-state index is 12.5. The van der Waals surface area contributed by atoms with Crippen LogP contribution in [0.4, 0.5) is 5.69 Å². The summed E-state index contributed by atoms with van der Waals surface area (Å²) in [5.41, 5.74) is 0.205. The number of benzene rings is 1. The van der Waals surface area contributed by atoms with E-state index in [4.69, 9.17) is 21.7 Å². The van der Waals surface area contributed by atoms with E-state index < -0.39 is 11.9 Å². The number of carboxylic acid groups (broad SMARTS) is 1. The number of thiocarbonyl (C=S) groups is 1. The summed E-state index contributed by atoms with van der Waals surface area (Å²) in [6, 6.07) is 9.55. The average molecular weight is 402 g/mol. The van der Waals surface area contributed by atoms with Crippen molar-refractivity contribution in [2.24, 2.45) is 0 Å². The van der Waals surface area contributed by atoms with Gasteiger partial charge in [-0.3, -0.25) is 14.5 Å². The van der Waals surface area contributed by atoms with Crippen LogP contribution in [0.3, 0.4) is 0 Å². The summed E-state index contributed by atoms with van der Waals surface area (Å²) in [6.07, 6.45) is 3.09. The highest BCUT2D eigenvalue weighted by atomic mass is 32.2. The molecule has 1 saturated heterocycles. The lowest BCUT2D eigenvalue weighted by Crippen LogP contribution is -2.31. The molecule has 3 rings (SSSR count). The molecule has 0 aliphatic carbocycles. The van der Waals surface area contributed by atoms with Gasteiger partial charge in [-0.05, 0) is 24.3 Å². The lowest BCUT2D eigenvalue weighted by atomic mass is 10.2. The first-order valence-electron chi connectivity index (χ1n) is 7.87. The Morgan fingerprint density at radius 2 is 2.04 bits per heavy atom. The van der Waals surface area contributed by atoms with E-state index in [1.54, 1.807) is 30.3 Å². The van der Waals surface area contributed by atoms with Gasteiger partial charge in [0.25, 0.3) is 5.91 Å². The minimum Gasteiger partial charge on any atom is -0.478 e. The Labute approximate surface area is 164 Å². The summed E-state index contributed by atoms with van der Waals surface area (Å²) in [6.45, 7) is 0.0984. The molecular formula is C18H14N2O5S2. The van der Waals surface area contributed by atoms with Crippen molar-refractivity contribution in [2.75, 3.05) is 11.9 Å². The number of carbonyl (C=O) groups is 3. The number of nitrogens with one attached hydrogen (secondary N) is 1. The molecule has 138 valence electrons. The van der Waals surface area contributed by atoms with E-state index in [9.17, 15) is 14.4 Å². The highest BCUT2D eigenvalue weighted by molar-refractivity contribution is 8.26. The van der Waals surface area contributed by atoms with E-state index in [0.29, 0.717) is 15.0 Å². The van der Waals surface area contributed by atoms with Crippen molar-refractivity contribution in [2.45, 2.75) is 6.42 Å². The first kappa shape index (κ1) is 18.9. The molecule has 0 spiro atoms. The number of para-hydroxylation sites is 1. The van der Waals surface area contributed by atoms with Crippen molar-refractivity contribution >= 4 is 57.8 Å². The molecule has 7 nitrogen and oxygen atoms in total. The molecule has 2 amide bonds.